The number of hydrogen-bond donors (Lipinski definition) is 1. The number of ether oxygens (including phenoxy) is 1. The summed E-state index contributed by atoms with van der Waals surface area (Å²) in [4.78, 5) is 0. The van der Waals surface area contributed by atoms with Gasteiger partial charge in [-0.3, -0.25) is 0 Å². The minimum absolute atomic E-state index is 0.101. The molecule has 0 fully saturated rings. The predicted octanol–water partition coefficient (Wildman–Crippen LogP) is 2.77. The normalized spacial score (nSPS) is 17.6. The minimum Gasteiger partial charge on any atom is -0.493 e. The number of halogens is 1. The highest BCUT2D eigenvalue weighted by Crippen LogP contribution is 2.33. The van der Waals surface area contributed by atoms with Gasteiger partial charge in [-0.2, -0.15) is 0 Å². The molecule has 1 unspecified atom stereocenters. The van der Waals surface area contributed by atoms with Crippen molar-refractivity contribution in [3.63, 3.8) is 0 Å². The first kappa shape index (κ1) is 15.0. The lowest BCUT2D eigenvalue weighted by Crippen LogP contribution is -2.33. The van der Waals surface area contributed by atoms with Gasteiger partial charge in [-0.05, 0) is 23.8 Å². The molecular formula is C16H16FNO3S. The van der Waals surface area contributed by atoms with Crippen molar-refractivity contribution in [3.05, 3.63) is 65.5 Å². The molecular weight excluding hydrogens is 305 g/mol. The zero-order valence-corrected chi connectivity index (χ0v) is 12.6. The SMILES string of the molecule is O=S(=O)(Cc1ccccc1)NC1CCOc2ccc(F)cc21. The lowest BCUT2D eigenvalue weighted by atomic mass is 10.0. The zero-order chi connectivity index (χ0) is 15.6. The molecule has 1 atom stereocenters. The molecule has 116 valence electrons. The van der Waals surface area contributed by atoms with Gasteiger partial charge in [0, 0.05) is 12.0 Å². The summed E-state index contributed by atoms with van der Waals surface area (Å²) in [6, 6.07) is 12.6. The third-order valence-electron chi connectivity index (χ3n) is 3.53. The Morgan fingerprint density at radius 2 is 1.95 bits per heavy atom. The number of nitrogens with one attached hydrogen (secondary N) is 1. The van der Waals surface area contributed by atoms with Crippen LogP contribution in [0.2, 0.25) is 0 Å². The van der Waals surface area contributed by atoms with E-state index in [4.69, 9.17) is 4.74 Å². The van der Waals surface area contributed by atoms with Crippen molar-refractivity contribution in [1.82, 2.24) is 4.72 Å². The van der Waals surface area contributed by atoms with E-state index in [9.17, 15) is 12.8 Å². The summed E-state index contributed by atoms with van der Waals surface area (Å²) in [5, 5.41) is 0. The molecule has 22 heavy (non-hydrogen) atoms. The van der Waals surface area contributed by atoms with Gasteiger partial charge in [0.05, 0.1) is 18.4 Å². The Bertz CT molecular complexity index is 762. The van der Waals surface area contributed by atoms with Gasteiger partial charge in [0.1, 0.15) is 11.6 Å². The highest BCUT2D eigenvalue weighted by Gasteiger charge is 2.26. The van der Waals surface area contributed by atoms with Crippen molar-refractivity contribution in [2.45, 2.75) is 18.2 Å². The number of hydrogen-bond acceptors (Lipinski definition) is 3. The van der Waals surface area contributed by atoms with Crippen molar-refractivity contribution in [2.24, 2.45) is 0 Å². The Kier molecular flexibility index (Phi) is 4.13. The van der Waals surface area contributed by atoms with Gasteiger partial charge in [-0.1, -0.05) is 30.3 Å². The molecule has 3 rings (SSSR count). The fourth-order valence-corrected chi connectivity index (χ4v) is 3.93. The molecule has 0 spiro atoms. The van der Waals surface area contributed by atoms with Gasteiger partial charge in [-0.25, -0.2) is 17.5 Å². The molecule has 2 aromatic carbocycles. The molecule has 0 radical (unpaired) electrons. The van der Waals surface area contributed by atoms with Crippen LogP contribution in [0.4, 0.5) is 4.39 Å². The quantitative estimate of drug-likeness (QED) is 0.942. The molecule has 1 N–H and O–H groups in total. The van der Waals surface area contributed by atoms with Crippen LogP contribution in [-0.4, -0.2) is 15.0 Å². The van der Waals surface area contributed by atoms with E-state index in [1.807, 2.05) is 6.07 Å². The average molecular weight is 321 g/mol. The van der Waals surface area contributed by atoms with E-state index in [0.717, 1.165) is 0 Å². The van der Waals surface area contributed by atoms with Gasteiger partial charge in [0.25, 0.3) is 0 Å². The Hall–Kier alpha value is -1.92. The molecule has 1 heterocycles. The van der Waals surface area contributed by atoms with Crippen LogP contribution in [0, 0.1) is 5.82 Å². The molecule has 0 aromatic heterocycles. The van der Waals surface area contributed by atoms with E-state index in [2.05, 4.69) is 4.72 Å². The van der Waals surface area contributed by atoms with Crippen LogP contribution in [0.5, 0.6) is 5.75 Å². The van der Waals surface area contributed by atoms with Crippen molar-refractivity contribution >= 4 is 10.0 Å². The van der Waals surface area contributed by atoms with Crippen LogP contribution >= 0.6 is 0 Å². The van der Waals surface area contributed by atoms with Crippen molar-refractivity contribution < 1.29 is 17.5 Å². The number of benzene rings is 2. The summed E-state index contributed by atoms with van der Waals surface area (Å²) in [5.41, 5.74) is 1.25. The predicted molar refractivity (Wildman–Crippen MR) is 81.5 cm³/mol. The Morgan fingerprint density at radius 1 is 1.18 bits per heavy atom. The summed E-state index contributed by atoms with van der Waals surface area (Å²) >= 11 is 0. The van der Waals surface area contributed by atoms with Crippen LogP contribution in [-0.2, 0) is 15.8 Å². The average Bonchev–Trinajstić information content (AvgIpc) is 2.48. The van der Waals surface area contributed by atoms with Crippen molar-refractivity contribution in [1.29, 1.82) is 0 Å². The molecule has 0 aliphatic carbocycles. The van der Waals surface area contributed by atoms with Gasteiger partial charge in [0.15, 0.2) is 0 Å². The van der Waals surface area contributed by atoms with Crippen LogP contribution in [0.25, 0.3) is 0 Å². The van der Waals surface area contributed by atoms with Crippen LogP contribution < -0.4 is 9.46 Å². The highest BCUT2D eigenvalue weighted by molar-refractivity contribution is 7.88. The summed E-state index contributed by atoms with van der Waals surface area (Å²) in [7, 11) is -3.52. The Balaban J connectivity index is 1.80. The lowest BCUT2D eigenvalue weighted by Gasteiger charge is -2.26. The first-order valence-corrected chi connectivity index (χ1v) is 8.65. The lowest BCUT2D eigenvalue weighted by molar-refractivity contribution is 0.262. The monoisotopic (exact) mass is 321 g/mol. The molecule has 1 aliphatic rings. The summed E-state index contributed by atoms with van der Waals surface area (Å²) in [6.45, 7) is 0.400. The third kappa shape index (κ3) is 3.45. The standard InChI is InChI=1S/C16H16FNO3S/c17-13-6-7-16-14(10-13)15(8-9-21-16)18-22(19,20)11-12-4-2-1-3-5-12/h1-7,10,15,18H,8-9,11H2. The van der Waals surface area contributed by atoms with E-state index in [1.165, 1.54) is 18.2 Å². The number of sulfonamides is 1. The molecule has 4 nitrogen and oxygen atoms in total. The topological polar surface area (TPSA) is 55.4 Å². The van der Waals surface area contributed by atoms with Gasteiger partial charge in [-0.15, -0.1) is 0 Å². The minimum atomic E-state index is -3.52. The van der Waals surface area contributed by atoms with E-state index in [1.54, 1.807) is 24.3 Å². The Morgan fingerprint density at radius 3 is 2.73 bits per heavy atom. The third-order valence-corrected chi connectivity index (χ3v) is 4.89. The second kappa shape index (κ2) is 6.06. The van der Waals surface area contributed by atoms with Crippen LogP contribution in [0.3, 0.4) is 0 Å². The molecule has 0 saturated carbocycles. The van der Waals surface area contributed by atoms with Crippen LogP contribution in [0.15, 0.2) is 48.5 Å². The van der Waals surface area contributed by atoms with Crippen molar-refractivity contribution in [3.8, 4) is 5.75 Å². The smallest absolute Gasteiger partial charge is 0.216 e. The maximum Gasteiger partial charge on any atom is 0.216 e. The molecule has 1 aliphatic heterocycles. The first-order valence-electron chi connectivity index (χ1n) is 7.00. The second-order valence-electron chi connectivity index (χ2n) is 5.23. The second-order valence-corrected chi connectivity index (χ2v) is 6.99. The maximum atomic E-state index is 13.4. The fraction of sp³-hybridized carbons (Fsp3) is 0.250. The van der Waals surface area contributed by atoms with Gasteiger partial charge in [0.2, 0.25) is 10.0 Å². The van der Waals surface area contributed by atoms with E-state index in [0.29, 0.717) is 29.9 Å². The van der Waals surface area contributed by atoms with E-state index in [-0.39, 0.29) is 5.75 Å². The zero-order valence-electron chi connectivity index (χ0n) is 11.8. The summed E-state index contributed by atoms with van der Waals surface area (Å²) < 4.78 is 46.1. The van der Waals surface area contributed by atoms with Crippen LogP contribution in [0.1, 0.15) is 23.6 Å². The molecule has 6 heteroatoms. The first-order chi connectivity index (χ1) is 10.5. The Labute approximate surface area is 129 Å². The highest BCUT2D eigenvalue weighted by atomic mass is 32.2. The maximum absolute atomic E-state index is 13.4. The van der Waals surface area contributed by atoms with Gasteiger partial charge < -0.3 is 4.74 Å². The largest absolute Gasteiger partial charge is 0.493 e. The fourth-order valence-electron chi connectivity index (χ4n) is 2.54. The molecule has 0 bridgehead atoms. The van der Waals surface area contributed by atoms with Crippen molar-refractivity contribution in [2.75, 3.05) is 6.61 Å². The summed E-state index contributed by atoms with van der Waals surface area (Å²) in [6.07, 6.45) is 0.477. The van der Waals surface area contributed by atoms with Gasteiger partial charge >= 0.3 is 0 Å². The number of rotatable bonds is 4. The molecule has 2 aromatic rings. The molecule has 0 amide bonds. The van der Waals surface area contributed by atoms with E-state index >= 15 is 0 Å². The molecule has 0 saturated heterocycles. The number of fused-ring (bicyclic) bond motifs is 1. The van der Waals surface area contributed by atoms with E-state index < -0.39 is 21.9 Å². The summed E-state index contributed by atoms with van der Waals surface area (Å²) in [5.74, 6) is 0.0205.